The Morgan fingerprint density at radius 2 is 2.00 bits per heavy atom. The highest BCUT2D eigenvalue weighted by atomic mass is 19.4. The molecule has 0 bridgehead atoms. The van der Waals surface area contributed by atoms with Crippen LogP contribution in [0.15, 0.2) is 0 Å². The molecule has 0 saturated carbocycles. The third kappa shape index (κ3) is 2.06. The van der Waals surface area contributed by atoms with Gasteiger partial charge in [-0.2, -0.15) is 18.3 Å². The minimum atomic E-state index is -4.21. The Hall–Kier alpha value is -1.73. The Labute approximate surface area is 95.0 Å². The van der Waals surface area contributed by atoms with Gasteiger partial charge in [-0.1, -0.05) is 0 Å². The molecule has 2 aromatic rings. The van der Waals surface area contributed by atoms with Crippen molar-refractivity contribution in [3.63, 3.8) is 0 Å². The van der Waals surface area contributed by atoms with Crippen LogP contribution >= 0.6 is 0 Å². The normalized spacial score (nSPS) is 12.5. The fourth-order valence-corrected chi connectivity index (χ4v) is 1.81. The minimum absolute atomic E-state index is 0.0837. The first-order valence-corrected chi connectivity index (χ1v) is 5.01. The lowest BCUT2D eigenvalue weighted by Crippen LogP contribution is -2.14. The maximum atomic E-state index is 12.2. The maximum Gasteiger partial charge on any atom is 0.390 e. The smallest absolute Gasteiger partial charge is 0.369 e. The van der Waals surface area contributed by atoms with Crippen LogP contribution in [0.5, 0.6) is 0 Å². The van der Waals surface area contributed by atoms with Gasteiger partial charge in [-0.3, -0.25) is 9.25 Å². The van der Waals surface area contributed by atoms with E-state index in [1.165, 1.54) is 9.25 Å². The average molecular weight is 247 g/mol. The molecule has 0 radical (unpaired) electrons. The van der Waals surface area contributed by atoms with Gasteiger partial charge < -0.3 is 5.73 Å². The molecule has 2 aromatic heterocycles. The van der Waals surface area contributed by atoms with E-state index in [0.29, 0.717) is 16.9 Å². The largest absolute Gasteiger partial charge is 0.390 e. The van der Waals surface area contributed by atoms with E-state index in [4.69, 9.17) is 5.73 Å². The summed E-state index contributed by atoms with van der Waals surface area (Å²) in [5.74, 6) is 0.0837. The monoisotopic (exact) mass is 247 g/mol. The predicted molar refractivity (Wildman–Crippen MR) is 56.3 cm³/mol. The van der Waals surface area contributed by atoms with E-state index in [0.717, 1.165) is 0 Å². The number of rotatable bonds is 2. The molecule has 0 fully saturated rings. The molecule has 5 nitrogen and oxygen atoms in total. The van der Waals surface area contributed by atoms with Gasteiger partial charge in [-0.25, -0.2) is 4.98 Å². The van der Waals surface area contributed by atoms with Gasteiger partial charge in [-0.15, -0.1) is 0 Å². The summed E-state index contributed by atoms with van der Waals surface area (Å²) in [5.41, 5.74) is 7.33. The number of nitrogens with zero attached hydrogens (tertiary/aromatic N) is 4. The van der Waals surface area contributed by atoms with Crippen LogP contribution in [0, 0.1) is 6.92 Å². The fourth-order valence-electron chi connectivity index (χ4n) is 1.81. The van der Waals surface area contributed by atoms with E-state index in [9.17, 15) is 13.2 Å². The SMILES string of the molecule is Cc1nn(C)c2c1nc(N)n2CCC(F)(F)F. The maximum absolute atomic E-state index is 12.2. The van der Waals surface area contributed by atoms with E-state index in [2.05, 4.69) is 10.1 Å². The number of hydrogen-bond acceptors (Lipinski definition) is 3. The van der Waals surface area contributed by atoms with Crippen LogP contribution in [0.3, 0.4) is 0 Å². The summed E-state index contributed by atoms with van der Waals surface area (Å²) in [5, 5.41) is 4.09. The second kappa shape index (κ2) is 3.64. The van der Waals surface area contributed by atoms with Crippen LogP contribution in [0.4, 0.5) is 19.1 Å². The number of fused-ring (bicyclic) bond motifs is 1. The first-order valence-electron chi connectivity index (χ1n) is 5.01. The lowest BCUT2D eigenvalue weighted by Gasteiger charge is -2.09. The number of hydrogen-bond donors (Lipinski definition) is 1. The zero-order valence-electron chi connectivity index (χ0n) is 9.41. The van der Waals surface area contributed by atoms with Gasteiger partial charge in [0.1, 0.15) is 5.52 Å². The zero-order valence-corrected chi connectivity index (χ0v) is 9.41. The zero-order chi connectivity index (χ0) is 12.8. The molecule has 0 spiro atoms. The molecule has 2 rings (SSSR count). The van der Waals surface area contributed by atoms with Crippen molar-refractivity contribution in [1.82, 2.24) is 19.3 Å². The van der Waals surface area contributed by atoms with Crippen molar-refractivity contribution >= 4 is 17.1 Å². The average Bonchev–Trinajstić information content (AvgIpc) is 2.62. The summed E-state index contributed by atoms with van der Waals surface area (Å²) >= 11 is 0. The highest BCUT2D eigenvalue weighted by Gasteiger charge is 2.28. The fraction of sp³-hybridized carbons (Fsp3) is 0.556. The first-order chi connectivity index (χ1) is 7.79. The standard InChI is InChI=1S/C9H12F3N5/c1-5-6-7(16(2)15-5)17(8(13)14-6)4-3-9(10,11)12/h3-4H2,1-2H3,(H2,13,14). The molecule has 2 heterocycles. The second-order valence-electron chi connectivity index (χ2n) is 3.87. The van der Waals surface area contributed by atoms with Crippen molar-refractivity contribution in [2.24, 2.45) is 7.05 Å². The van der Waals surface area contributed by atoms with Crippen molar-refractivity contribution in [2.75, 3.05) is 5.73 Å². The molecular formula is C9H12F3N5. The van der Waals surface area contributed by atoms with Crippen molar-refractivity contribution in [3.8, 4) is 0 Å². The molecule has 94 valence electrons. The predicted octanol–water partition coefficient (Wildman–Crippen LogP) is 1.61. The van der Waals surface area contributed by atoms with Gasteiger partial charge in [0.25, 0.3) is 0 Å². The summed E-state index contributed by atoms with van der Waals surface area (Å²) in [6.45, 7) is 1.49. The molecule has 0 saturated heterocycles. The van der Waals surface area contributed by atoms with Crippen LogP contribution in [-0.2, 0) is 13.6 Å². The Bertz CT molecular complexity index is 551. The van der Waals surface area contributed by atoms with Gasteiger partial charge in [0.05, 0.1) is 12.1 Å². The molecular weight excluding hydrogens is 235 g/mol. The van der Waals surface area contributed by atoms with Crippen LogP contribution in [0.25, 0.3) is 11.2 Å². The number of imidazole rings is 1. The van der Waals surface area contributed by atoms with E-state index >= 15 is 0 Å². The van der Waals surface area contributed by atoms with Gasteiger partial charge in [0, 0.05) is 13.6 Å². The third-order valence-corrected chi connectivity index (χ3v) is 2.54. The molecule has 0 aromatic carbocycles. The van der Waals surface area contributed by atoms with Crippen LogP contribution in [0.2, 0.25) is 0 Å². The number of anilines is 1. The molecule has 0 aliphatic rings. The summed E-state index contributed by atoms with van der Waals surface area (Å²) in [4.78, 5) is 4.02. The van der Waals surface area contributed by atoms with E-state index in [1.807, 2.05) is 0 Å². The lowest BCUT2D eigenvalue weighted by molar-refractivity contribution is -0.136. The molecule has 0 amide bonds. The first kappa shape index (κ1) is 11.7. The van der Waals surface area contributed by atoms with E-state index in [-0.39, 0.29) is 12.5 Å². The van der Waals surface area contributed by atoms with Gasteiger partial charge >= 0.3 is 6.18 Å². The Kier molecular flexibility index (Phi) is 2.52. The molecule has 2 N–H and O–H groups in total. The van der Waals surface area contributed by atoms with Gasteiger partial charge in [-0.05, 0) is 6.92 Å². The highest BCUT2D eigenvalue weighted by molar-refractivity contribution is 5.77. The number of halogens is 3. The number of nitrogens with two attached hydrogens (primary N) is 1. The third-order valence-electron chi connectivity index (χ3n) is 2.54. The number of alkyl halides is 3. The van der Waals surface area contributed by atoms with Crippen LogP contribution in [0.1, 0.15) is 12.1 Å². The topological polar surface area (TPSA) is 61.7 Å². The van der Waals surface area contributed by atoms with Gasteiger partial charge in [0.15, 0.2) is 5.65 Å². The molecule has 8 heteroatoms. The molecule has 0 unspecified atom stereocenters. The minimum Gasteiger partial charge on any atom is -0.369 e. The summed E-state index contributed by atoms with van der Waals surface area (Å²) in [6, 6.07) is 0. The van der Waals surface area contributed by atoms with Crippen molar-refractivity contribution < 1.29 is 13.2 Å². The van der Waals surface area contributed by atoms with Crippen LogP contribution in [-0.4, -0.2) is 25.5 Å². The Morgan fingerprint density at radius 3 is 2.59 bits per heavy atom. The summed E-state index contributed by atoms with van der Waals surface area (Å²) in [6.07, 6.45) is -5.15. The summed E-state index contributed by atoms with van der Waals surface area (Å²) in [7, 11) is 1.65. The Morgan fingerprint density at radius 1 is 1.35 bits per heavy atom. The van der Waals surface area contributed by atoms with E-state index in [1.54, 1.807) is 14.0 Å². The number of aryl methyl sites for hydroxylation is 3. The van der Waals surface area contributed by atoms with Crippen LogP contribution < -0.4 is 5.73 Å². The summed E-state index contributed by atoms with van der Waals surface area (Å²) < 4.78 is 39.4. The quantitative estimate of drug-likeness (QED) is 0.877. The van der Waals surface area contributed by atoms with Gasteiger partial charge in [0.2, 0.25) is 5.95 Å². The van der Waals surface area contributed by atoms with E-state index < -0.39 is 12.6 Å². The van der Waals surface area contributed by atoms with Crippen molar-refractivity contribution in [2.45, 2.75) is 26.1 Å². The lowest BCUT2D eigenvalue weighted by atomic mass is 10.4. The molecule has 0 atom stereocenters. The number of aromatic nitrogens is 4. The molecule has 17 heavy (non-hydrogen) atoms. The second-order valence-corrected chi connectivity index (χ2v) is 3.87. The molecule has 0 aliphatic carbocycles. The highest BCUT2D eigenvalue weighted by Crippen LogP contribution is 2.25. The molecule has 0 aliphatic heterocycles. The van der Waals surface area contributed by atoms with Crippen molar-refractivity contribution in [3.05, 3.63) is 5.69 Å². The van der Waals surface area contributed by atoms with Crippen molar-refractivity contribution in [1.29, 1.82) is 0 Å². The number of nitrogen functional groups attached to an aromatic ring is 1. The Balaban J connectivity index is 2.42.